The van der Waals surface area contributed by atoms with Crippen LogP contribution in [0.2, 0.25) is 0 Å². The van der Waals surface area contributed by atoms with Crippen molar-refractivity contribution in [3.8, 4) is 22.3 Å². The molecule has 36 heavy (non-hydrogen) atoms. The summed E-state index contributed by atoms with van der Waals surface area (Å²) < 4.78 is 0. The lowest BCUT2D eigenvalue weighted by molar-refractivity contribution is 0.543. The van der Waals surface area contributed by atoms with Gasteiger partial charge in [-0.2, -0.15) is 0 Å². The Kier molecular flexibility index (Phi) is 5.23. The van der Waals surface area contributed by atoms with E-state index in [-0.39, 0.29) is 10.8 Å². The zero-order valence-corrected chi connectivity index (χ0v) is 20.9. The van der Waals surface area contributed by atoms with E-state index in [9.17, 15) is 0 Å². The average Bonchev–Trinajstić information content (AvgIpc) is 3.30. The third-order valence-corrected chi connectivity index (χ3v) is 8.58. The normalized spacial score (nSPS) is 15.4. The summed E-state index contributed by atoms with van der Waals surface area (Å²) >= 11 is 0. The number of fused-ring (bicyclic) bond motifs is 7. The summed E-state index contributed by atoms with van der Waals surface area (Å²) in [5, 5.41) is 2.58. The van der Waals surface area contributed by atoms with E-state index in [1.54, 1.807) is 0 Å². The summed E-state index contributed by atoms with van der Waals surface area (Å²) in [7, 11) is 0. The van der Waals surface area contributed by atoms with Crippen molar-refractivity contribution in [2.24, 2.45) is 0 Å². The lowest BCUT2D eigenvalue weighted by Gasteiger charge is -2.31. The van der Waals surface area contributed by atoms with Gasteiger partial charge in [-0.3, -0.25) is 0 Å². The Labute approximate surface area is 215 Å². The topological polar surface area (TPSA) is 0 Å². The van der Waals surface area contributed by atoms with Gasteiger partial charge in [0.05, 0.1) is 0 Å². The first-order valence-corrected chi connectivity index (χ1v) is 12.9. The molecule has 0 aliphatic heterocycles. The molecule has 6 rings (SSSR count). The van der Waals surface area contributed by atoms with Gasteiger partial charge in [0.15, 0.2) is 0 Å². The maximum atomic E-state index is 4.13. The molecular weight excluding hydrogens is 432 g/mol. The first kappa shape index (κ1) is 22.6. The van der Waals surface area contributed by atoms with Crippen LogP contribution in [0.3, 0.4) is 0 Å². The molecule has 0 fully saturated rings. The average molecular weight is 465 g/mol. The second-order valence-electron chi connectivity index (χ2n) is 10.4. The molecule has 0 amide bonds. The SMILES string of the molecule is C=CCC1(CC=C)c2ccccc2-c2cc3cc4c(cc3cc21)-c1ccccc1C4(CC=C)CC=C. The Morgan fingerprint density at radius 3 is 1.17 bits per heavy atom. The molecule has 0 bridgehead atoms. The first-order valence-electron chi connectivity index (χ1n) is 12.9. The van der Waals surface area contributed by atoms with Crippen molar-refractivity contribution < 1.29 is 0 Å². The van der Waals surface area contributed by atoms with E-state index >= 15 is 0 Å². The number of allylic oxidation sites excluding steroid dienone is 4. The molecule has 0 nitrogen and oxygen atoms in total. The Hall–Kier alpha value is -3.90. The molecular formula is C36H32. The number of rotatable bonds is 8. The van der Waals surface area contributed by atoms with Gasteiger partial charge in [0, 0.05) is 10.8 Å². The van der Waals surface area contributed by atoms with E-state index in [1.165, 1.54) is 55.3 Å². The van der Waals surface area contributed by atoms with Gasteiger partial charge in [0.25, 0.3) is 0 Å². The molecule has 176 valence electrons. The Morgan fingerprint density at radius 2 is 0.806 bits per heavy atom. The maximum absolute atomic E-state index is 4.13. The number of benzene rings is 4. The third kappa shape index (κ3) is 2.88. The van der Waals surface area contributed by atoms with Crippen molar-refractivity contribution in [3.63, 3.8) is 0 Å². The molecule has 0 saturated carbocycles. The summed E-state index contributed by atoms with van der Waals surface area (Å²) in [5.41, 5.74) is 10.7. The smallest absolute Gasteiger partial charge is 0.0283 e. The van der Waals surface area contributed by atoms with E-state index in [0.29, 0.717) is 0 Å². The van der Waals surface area contributed by atoms with Crippen LogP contribution in [0.25, 0.3) is 33.0 Å². The van der Waals surface area contributed by atoms with E-state index in [0.717, 1.165) is 25.7 Å². The Bertz CT molecular complexity index is 1420. The lowest BCUT2D eigenvalue weighted by atomic mass is 9.71. The Morgan fingerprint density at radius 1 is 0.444 bits per heavy atom. The monoisotopic (exact) mass is 464 g/mol. The molecule has 4 aromatic rings. The summed E-state index contributed by atoms with van der Waals surface area (Å²) in [5.74, 6) is 0. The quantitative estimate of drug-likeness (QED) is 0.228. The summed E-state index contributed by atoms with van der Waals surface area (Å²) in [6.07, 6.45) is 11.8. The van der Waals surface area contributed by atoms with Gasteiger partial charge in [-0.05, 0) is 105 Å². The largest absolute Gasteiger partial charge is 0.103 e. The van der Waals surface area contributed by atoms with E-state index in [1.807, 2.05) is 0 Å². The van der Waals surface area contributed by atoms with Gasteiger partial charge < -0.3 is 0 Å². The predicted octanol–water partition coefficient (Wildman–Crippen LogP) is 9.68. The second kappa shape index (κ2) is 8.35. The fourth-order valence-electron chi connectivity index (χ4n) is 7.18. The minimum absolute atomic E-state index is 0.115. The molecule has 0 spiro atoms. The molecule has 0 radical (unpaired) electrons. The van der Waals surface area contributed by atoms with Crippen LogP contribution < -0.4 is 0 Å². The number of hydrogen-bond acceptors (Lipinski definition) is 0. The van der Waals surface area contributed by atoms with Gasteiger partial charge >= 0.3 is 0 Å². The minimum atomic E-state index is -0.115. The zero-order valence-electron chi connectivity index (χ0n) is 20.9. The summed E-state index contributed by atoms with van der Waals surface area (Å²) in [6.45, 7) is 16.5. The van der Waals surface area contributed by atoms with Crippen LogP contribution >= 0.6 is 0 Å². The van der Waals surface area contributed by atoms with Crippen LogP contribution in [0, 0.1) is 0 Å². The molecule has 0 heteroatoms. The highest BCUT2D eigenvalue weighted by atomic mass is 14.5. The molecule has 0 N–H and O–H groups in total. The Balaban J connectivity index is 1.68. The van der Waals surface area contributed by atoms with E-state index in [2.05, 4.69) is 123 Å². The van der Waals surface area contributed by atoms with Crippen molar-refractivity contribution in [2.75, 3.05) is 0 Å². The van der Waals surface area contributed by atoms with Crippen LogP contribution in [0.15, 0.2) is 123 Å². The van der Waals surface area contributed by atoms with Crippen molar-refractivity contribution in [2.45, 2.75) is 36.5 Å². The third-order valence-electron chi connectivity index (χ3n) is 8.58. The van der Waals surface area contributed by atoms with Crippen molar-refractivity contribution in [3.05, 3.63) is 146 Å². The fourth-order valence-corrected chi connectivity index (χ4v) is 7.18. The van der Waals surface area contributed by atoms with Crippen LogP contribution in [-0.4, -0.2) is 0 Å². The molecule has 4 aromatic carbocycles. The molecule has 0 saturated heterocycles. The van der Waals surface area contributed by atoms with E-state index in [4.69, 9.17) is 0 Å². The van der Waals surface area contributed by atoms with Crippen LogP contribution in [-0.2, 0) is 10.8 Å². The van der Waals surface area contributed by atoms with Gasteiger partial charge in [0.1, 0.15) is 0 Å². The standard InChI is InChI=1S/C36H32/c1-5-17-35(18-6-2)31-15-11-9-13-27(31)29-21-26-24-34-30(22-25(26)23-33(29)35)28-14-10-12-16-32(28)36(34,19-7-3)20-8-4/h5-16,21-24H,1-4,17-20H2. The van der Waals surface area contributed by atoms with Gasteiger partial charge in [-0.25, -0.2) is 0 Å². The van der Waals surface area contributed by atoms with Gasteiger partial charge in [-0.15, -0.1) is 26.3 Å². The molecule has 2 aliphatic rings. The van der Waals surface area contributed by atoms with Crippen LogP contribution in [0.4, 0.5) is 0 Å². The van der Waals surface area contributed by atoms with Crippen LogP contribution in [0.1, 0.15) is 47.9 Å². The van der Waals surface area contributed by atoms with Crippen molar-refractivity contribution in [1.29, 1.82) is 0 Å². The fraction of sp³-hybridized carbons (Fsp3) is 0.167. The molecule has 0 heterocycles. The van der Waals surface area contributed by atoms with Crippen molar-refractivity contribution in [1.82, 2.24) is 0 Å². The van der Waals surface area contributed by atoms with Crippen molar-refractivity contribution >= 4 is 10.8 Å². The van der Waals surface area contributed by atoms with Gasteiger partial charge in [0.2, 0.25) is 0 Å². The lowest BCUT2D eigenvalue weighted by Crippen LogP contribution is -2.24. The summed E-state index contributed by atoms with van der Waals surface area (Å²) in [4.78, 5) is 0. The second-order valence-corrected chi connectivity index (χ2v) is 10.4. The van der Waals surface area contributed by atoms with Crippen LogP contribution in [0.5, 0.6) is 0 Å². The molecule has 0 atom stereocenters. The summed E-state index contributed by atoms with van der Waals surface area (Å²) in [6, 6.07) is 27.5. The highest BCUT2D eigenvalue weighted by Crippen LogP contribution is 2.57. The van der Waals surface area contributed by atoms with Gasteiger partial charge in [-0.1, -0.05) is 72.8 Å². The molecule has 0 unspecified atom stereocenters. The molecule has 2 aliphatic carbocycles. The first-order chi connectivity index (χ1) is 17.6. The number of hydrogen-bond donors (Lipinski definition) is 0. The maximum Gasteiger partial charge on any atom is 0.0283 e. The van der Waals surface area contributed by atoms with E-state index < -0.39 is 0 Å². The minimum Gasteiger partial charge on any atom is -0.103 e. The highest BCUT2D eigenvalue weighted by molar-refractivity contribution is 5.98. The zero-order chi connectivity index (χ0) is 24.9. The molecule has 0 aromatic heterocycles. The highest BCUT2D eigenvalue weighted by Gasteiger charge is 2.43. The predicted molar refractivity (Wildman–Crippen MR) is 156 cm³/mol.